The number of carbonyl (C=O) groups is 3. The van der Waals surface area contributed by atoms with Gasteiger partial charge in [0.05, 0.1) is 18.9 Å². The van der Waals surface area contributed by atoms with E-state index in [2.05, 4.69) is 22.2 Å². The van der Waals surface area contributed by atoms with Crippen LogP contribution in [0.25, 0.3) is 0 Å². The van der Waals surface area contributed by atoms with Gasteiger partial charge >= 0.3 is 6.09 Å². The number of fused-ring (bicyclic) bond motifs is 5. The van der Waals surface area contributed by atoms with E-state index in [4.69, 9.17) is 0 Å². The minimum Gasteiger partial charge on any atom is -0.453 e. The first kappa shape index (κ1) is 12.2. The molecule has 0 radical (unpaired) electrons. The number of allylic oxidation sites excluding steroid dienone is 2. The van der Waals surface area contributed by atoms with Crippen molar-refractivity contribution >= 4 is 17.9 Å². The molecule has 1 heterocycles. The van der Waals surface area contributed by atoms with E-state index in [1.165, 1.54) is 12.0 Å². The van der Waals surface area contributed by atoms with E-state index in [1.807, 2.05) is 0 Å². The number of imide groups is 1. The highest BCUT2D eigenvalue weighted by Gasteiger charge is 2.58. The lowest BCUT2D eigenvalue weighted by Crippen LogP contribution is -2.39. The molecule has 0 aromatic rings. The summed E-state index contributed by atoms with van der Waals surface area (Å²) in [6, 6.07) is 0. The standard InChI is InChI=1S/C13H16N2O4/c1-19-13(18)14-4-5-15-11(16)9-7-2-3-8(6-7)10(9)12(15)17/h2-3,7-10H,4-6H2,1H3,(H,14,18)/t7-,8-,9+,10+/m0/s1. The van der Waals surface area contributed by atoms with Crippen LogP contribution in [0.15, 0.2) is 12.2 Å². The highest BCUT2D eigenvalue weighted by atomic mass is 16.5. The van der Waals surface area contributed by atoms with Gasteiger partial charge in [-0.1, -0.05) is 12.2 Å². The van der Waals surface area contributed by atoms with Crippen molar-refractivity contribution in [1.29, 1.82) is 0 Å². The SMILES string of the molecule is COC(=O)NCCN1C(=O)[C@H]2[C@H](C1=O)[C@H]1C=C[C@H]2C1. The Bertz CT molecular complexity index is 443. The van der Waals surface area contributed by atoms with Crippen molar-refractivity contribution in [2.75, 3.05) is 20.2 Å². The van der Waals surface area contributed by atoms with Gasteiger partial charge in [-0.2, -0.15) is 0 Å². The fourth-order valence-corrected chi connectivity index (χ4v) is 3.53. The lowest BCUT2D eigenvalue weighted by Gasteiger charge is -2.17. The second-order valence-corrected chi connectivity index (χ2v) is 5.25. The summed E-state index contributed by atoms with van der Waals surface area (Å²) in [7, 11) is 1.27. The summed E-state index contributed by atoms with van der Waals surface area (Å²) in [6.07, 6.45) is 4.50. The average Bonchev–Trinajstić information content (AvgIpc) is 3.07. The number of carbonyl (C=O) groups excluding carboxylic acids is 3. The molecule has 2 aliphatic carbocycles. The van der Waals surface area contributed by atoms with Crippen LogP contribution in [0.5, 0.6) is 0 Å². The molecule has 3 amide bonds. The second kappa shape index (κ2) is 4.36. The minimum absolute atomic E-state index is 0.0847. The van der Waals surface area contributed by atoms with E-state index in [1.54, 1.807) is 0 Å². The van der Waals surface area contributed by atoms with Crippen LogP contribution in [0, 0.1) is 23.7 Å². The lowest BCUT2D eigenvalue weighted by molar-refractivity contribution is -0.140. The number of ether oxygens (including phenoxy) is 1. The third-order valence-corrected chi connectivity index (χ3v) is 4.35. The van der Waals surface area contributed by atoms with E-state index >= 15 is 0 Å². The summed E-state index contributed by atoms with van der Waals surface area (Å²) >= 11 is 0. The molecule has 1 saturated carbocycles. The second-order valence-electron chi connectivity index (χ2n) is 5.25. The number of amides is 3. The summed E-state index contributed by atoms with van der Waals surface area (Å²) < 4.78 is 4.44. The zero-order valence-electron chi connectivity index (χ0n) is 10.7. The highest BCUT2D eigenvalue weighted by Crippen LogP contribution is 2.52. The lowest BCUT2D eigenvalue weighted by atomic mass is 9.85. The Hall–Kier alpha value is -1.85. The summed E-state index contributed by atoms with van der Waals surface area (Å²) in [4.78, 5) is 36.7. The predicted octanol–water partition coefficient (Wildman–Crippen LogP) is 0.149. The van der Waals surface area contributed by atoms with E-state index in [0.717, 1.165) is 6.42 Å². The Morgan fingerprint density at radius 3 is 2.42 bits per heavy atom. The molecule has 0 spiro atoms. The Kier molecular flexibility index (Phi) is 2.80. The molecule has 1 saturated heterocycles. The smallest absolute Gasteiger partial charge is 0.406 e. The van der Waals surface area contributed by atoms with Crippen LogP contribution in [0.3, 0.4) is 0 Å². The zero-order valence-corrected chi connectivity index (χ0v) is 10.7. The van der Waals surface area contributed by atoms with Gasteiger partial charge in [0, 0.05) is 13.1 Å². The van der Waals surface area contributed by atoms with E-state index < -0.39 is 6.09 Å². The average molecular weight is 264 g/mol. The number of nitrogens with one attached hydrogen (secondary N) is 1. The van der Waals surface area contributed by atoms with Gasteiger partial charge in [0.25, 0.3) is 0 Å². The molecular weight excluding hydrogens is 248 g/mol. The van der Waals surface area contributed by atoms with Crippen molar-refractivity contribution in [3.63, 3.8) is 0 Å². The monoisotopic (exact) mass is 264 g/mol. The fraction of sp³-hybridized carbons (Fsp3) is 0.615. The molecule has 6 nitrogen and oxygen atoms in total. The molecule has 1 aliphatic heterocycles. The maximum Gasteiger partial charge on any atom is 0.406 e. The third kappa shape index (κ3) is 1.74. The molecule has 0 aromatic carbocycles. The molecule has 102 valence electrons. The molecule has 3 rings (SSSR count). The molecule has 2 bridgehead atoms. The van der Waals surface area contributed by atoms with E-state index in [-0.39, 0.29) is 48.6 Å². The number of hydrogen-bond acceptors (Lipinski definition) is 4. The van der Waals surface area contributed by atoms with Gasteiger partial charge in [-0.15, -0.1) is 0 Å². The largest absolute Gasteiger partial charge is 0.453 e. The normalized spacial score (nSPS) is 34.9. The van der Waals surface area contributed by atoms with E-state index in [0.29, 0.717) is 0 Å². The molecule has 3 aliphatic rings. The predicted molar refractivity (Wildman–Crippen MR) is 64.8 cm³/mol. The maximum absolute atomic E-state index is 12.3. The van der Waals surface area contributed by atoms with Crippen molar-refractivity contribution in [3.05, 3.63) is 12.2 Å². The number of hydrogen-bond donors (Lipinski definition) is 1. The first-order valence-corrected chi connectivity index (χ1v) is 6.49. The van der Waals surface area contributed by atoms with Gasteiger partial charge < -0.3 is 10.1 Å². The summed E-state index contributed by atoms with van der Waals surface area (Å²) in [6.45, 7) is 0.450. The summed E-state index contributed by atoms with van der Waals surface area (Å²) in [5.74, 6) is -0.0479. The Balaban J connectivity index is 1.64. The fourth-order valence-electron chi connectivity index (χ4n) is 3.53. The van der Waals surface area contributed by atoms with Gasteiger partial charge in [-0.25, -0.2) is 4.79 Å². The number of alkyl carbamates (subject to hydrolysis) is 1. The molecule has 1 N–H and O–H groups in total. The van der Waals surface area contributed by atoms with Crippen molar-refractivity contribution < 1.29 is 19.1 Å². The molecule has 0 aromatic heterocycles. The Labute approximate surface area is 110 Å². The molecule has 19 heavy (non-hydrogen) atoms. The van der Waals surface area contributed by atoms with Crippen molar-refractivity contribution in [3.8, 4) is 0 Å². The maximum atomic E-state index is 12.3. The van der Waals surface area contributed by atoms with Crippen molar-refractivity contribution in [2.45, 2.75) is 6.42 Å². The van der Waals surface area contributed by atoms with Crippen molar-refractivity contribution in [1.82, 2.24) is 10.2 Å². The Morgan fingerprint density at radius 2 is 1.89 bits per heavy atom. The number of nitrogens with zero attached hydrogens (tertiary/aromatic N) is 1. The van der Waals surface area contributed by atoms with E-state index in [9.17, 15) is 14.4 Å². The van der Waals surface area contributed by atoms with Crippen molar-refractivity contribution in [2.24, 2.45) is 23.7 Å². The van der Waals surface area contributed by atoms with Crippen LogP contribution >= 0.6 is 0 Å². The van der Waals surface area contributed by atoms with Crippen LogP contribution in [0.2, 0.25) is 0 Å². The van der Waals surface area contributed by atoms with Crippen LogP contribution in [0.4, 0.5) is 4.79 Å². The van der Waals surface area contributed by atoms with Gasteiger partial charge in [0.15, 0.2) is 0 Å². The van der Waals surface area contributed by atoms with Crippen LogP contribution < -0.4 is 5.32 Å². The summed E-state index contributed by atoms with van der Waals surface area (Å²) in [5.41, 5.74) is 0. The zero-order chi connectivity index (χ0) is 13.6. The molecule has 6 heteroatoms. The first-order chi connectivity index (χ1) is 9.13. The summed E-state index contributed by atoms with van der Waals surface area (Å²) in [5, 5.41) is 2.48. The number of likely N-dealkylation sites (tertiary alicyclic amines) is 1. The number of methoxy groups -OCH3 is 1. The van der Waals surface area contributed by atoms with Gasteiger partial charge in [0.1, 0.15) is 0 Å². The minimum atomic E-state index is -0.555. The first-order valence-electron chi connectivity index (χ1n) is 6.49. The highest BCUT2D eigenvalue weighted by molar-refractivity contribution is 6.06. The molecular formula is C13H16N2O4. The van der Waals surface area contributed by atoms with Gasteiger partial charge in [0.2, 0.25) is 11.8 Å². The van der Waals surface area contributed by atoms with Gasteiger partial charge in [-0.3, -0.25) is 14.5 Å². The molecule has 2 fully saturated rings. The molecule has 0 unspecified atom stereocenters. The van der Waals surface area contributed by atoms with Crippen LogP contribution in [-0.2, 0) is 14.3 Å². The van der Waals surface area contributed by atoms with Gasteiger partial charge in [-0.05, 0) is 18.3 Å². The third-order valence-electron chi connectivity index (χ3n) is 4.35. The quantitative estimate of drug-likeness (QED) is 0.581. The molecule has 4 atom stereocenters. The Morgan fingerprint density at radius 1 is 1.32 bits per heavy atom. The van der Waals surface area contributed by atoms with Crippen LogP contribution in [0.1, 0.15) is 6.42 Å². The number of rotatable bonds is 3. The topological polar surface area (TPSA) is 75.7 Å². The van der Waals surface area contributed by atoms with Crippen LogP contribution in [-0.4, -0.2) is 43.0 Å².